The number of carbonyl (C=O) groups is 2. The van der Waals surface area contributed by atoms with E-state index in [2.05, 4.69) is 15.0 Å². The third-order valence-electron chi connectivity index (χ3n) is 6.55. The van der Waals surface area contributed by atoms with Gasteiger partial charge in [-0.2, -0.15) is 5.10 Å². The number of hydrogen-bond donors (Lipinski definition) is 0. The van der Waals surface area contributed by atoms with Gasteiger partial charge in [0.2, 0.25) is 0 Å². The van der Waals surface area contributed by atoms with E-state index >= 15 is 0 Å². The summed E-state index contributed by atoms with van der Waals surface area (Å²) in [5.74, 6) is -0.549. The van der Waals surface area contributed by atoms with Crippen LogP contribution in [0, 0.1) is 5.82 Å². The maximum Gasteiger partial charge on any atom is 0.358 e. The van der Waals surface area contributed by atoms with Crippen LogP contribution in [0.15, 0.2) is 72.9 Å². The number of anilines is 1. The molecule has 1 amide bonds. The predicted octanol–water partition coefficient (Wildman–Crippen LogP) is 4.22. The monoisotopic (exact) mass is 529 g/mol. The first-order valence-corrected chi connectivity index (χ1v) is 12.6. The molecule has 0 saturated carbocycles. The quantitative estimate of drug-likeness (QED) is 0.331. The van der Waals surface area contributed by atoms with Crippen LogP contribution in [0.2, 0.25) is 0 Å². The largest absolute Gasteiger partial charge is 0.494 e. The summed E-state index contributed by atoms with van der Waals surface area (Å²) >= 11 is 0. The molecular formula is C29H28FN5O4. The number of pyridine rings is 1. The molecule has 5 rings (SSSR count). The summed E-state index contributed by atoms with van der Waals surface area (Å²) in [7, 11) is 1.39. The van der Waals surface area contributed by atoms with Gasteiger partial charge in [0.05, 0.1) is 19.4 Å². The highest BCUT2D eigenvalue weighted by Crippen LogP contribution is 2.27. The third-order valence-corrected chi connectivity index (χ3v) is 6.55. The van der Waals surface area contributed by atoms with Crippen LogP contribution >= 0.6 is 0 Å². The van der Waals surface area contributed by atoms with Crippen molar-refractivity contribution < 1.29 is 23.5 Å². The van der Waals surface area contributed by atoms with Crippen LogP contribution in [0.25, 0.3) is 17.1 Å². The molecule has 0 N–H and O–H groups in total. The van der Waals surface area contributed by atoms with E-state index in [0.717, 1.165) is 11.3 Å². The summed E-state index contributed by atoms with van der Waals surface area (Å²) in [6, 6.07) is 19.4. The van der Waals surface area contributed by atoms with E-state index in [9.17, 15) is 14.0 Å². The molecule has 200 valence electrons. The number of piperazine rings is 1. The van der Waals surface area contributed by atoms with Crippen LogP contribution in [0.4, 0.5) is 10.1 Å². The summed E-state index contributed by atoms with van der Waals surface area (Å²) in [6.45, 7) is 4.33. The number of aromatic nitrogens is 3. The molecule has 1 aliphatic rings. The van der Waals surface area contributed by atoms with Crippen molar-refractivity contribution in [1.82, 2.24) is 19.7 Å². The first-order valence-electron chi connectivity index (χ1n) is 12.6. The Bertz CT molecular complexity index is 1470. The van der Waals surface area contributed by atoms with Gasteiger partial charge in [0.1, 0.15) is 0 Å². The van der Waals surface area contributed by atoms with E-state index in [1.165, 1.54) is 19.2 Å². The first-order chi connectivity index (χ1) is 19.0. The molecule has 9 nitrogen and oxygen atoms in total. The normalized spacial score (nSPS) is 13.3. The standard InChI is InChI=1S/C29H28FN5O4/c1-3-39-29(37)24-19-25(35(32-24)27-6-4-5-13-31-27)20-7-10-22(11-8-20)33-14-16-34(17-15-33)28(36)21-9-12-26(38-2)23(30)18-21/h4-13,18-19H,3,14-17H2,1-2H3. The van der Waals surface area contributed by atoms with E-state index < -0.39 is 11.8 Å². The van der Waals surface area contributed by atoms with Crippen LogP contribution in [0.1, 0.15) is 27.8 Å². The number of hydrogen-bond acceptors (Lipinski definition) is 7. The summed E-state index contributed by atoms with van der Waals surface area (Å²) in [5.41, 5.74) is 3.10. The number of halogens is 1. The Balaban J connectivity index is 1.30. The third kappa shape index (κ3) is 5.45. The molecule has 4 aromatic rings. The zero-order valence-corrected chi connectivity index (χ0v) is 21.7. The van der Waals surface area contributed by atoms with Gasteiger partial charge in [0.15, 0.2) is 23.1 Å². The lowest BCUT2D eigenvalue weighted by atomic mass is 10.1. The van der Waals surface area contributed by atoms with Crippen LogP contribution in [0.3, 0.4) is 0 Å². The fourth-order valence-corrected chi connectivity index (χ4v) is 4.54. The number of ether oxygens (including phenoxy) is 2. The van der Waals surface area contributed by atoms with E-state index in [0.29, 0.717) is 43.3 Å². The van der Waals surface area contributed by atoms with Gasteiger partial charge in [-0.3, -0.25) is 4.79 Å². The number of nitrogens with zero attached hydrogens (tertiary/aromatic N) is 5. The second kappa shape index (κ2) is 11.3. The Labute approximate surface area is 225 Å². The molecule has 0 spiro atoms. The second-order valence-electron chi connectivity index (χ2n) is 8.91. The SMILES string of the molecule is CCOC(=O)c1cc(-c2ccc(N3CCN(C(=O)c4ccc(OC)c(F)c4)CC3)cc2)n(-c2ccccn2)n1. The number of esters is 1. The van der Waals surface area contributed by atoms with E-state index in [-0.39, 0.29) is 24.0 Å². The minimum atomic E-state index is -0.555. The summed E-state index contributed by atoms with van der Waals surface area (Å²) in [4.78, 5) is 33.6. The number of carbonyl (C=O) groups excluding carboxylic acids is 2. The molecule has 2 aromatic carbocycles. The molecular weight excluding hydrogens is 501 g/mol. The van der Waals surface area contributed by atoms with Gasteiger partial charge in [-0.15, -0.1) is 0 Å². The van der Waals surface area contributed by atoms with Crippen LogP contribution in [-0.4, -0.2) is 71.4 Å². The Morgan fingerprint density at radius 3 is 2.38 bits per heavy atom. The summed E-state index contributed by atoms with van der Waals surface area (Å²) < 4.78 is 25.8. The average molecular weight is 530 g/mol. The molecule has 1 aliphatic heterocycles. The summed E-state index contributed by atoms with van der Waals surface area (Å²) in [6.07, 6.45) is 1.67. The Kier molecular flexibility index (Phi) is 7.53. The molecule has 1 saturated heterocycles. The molecule has 39 heavy (non-hydrogen) atoms. The van der Waals surface area contributed by atoms with Crippen molar-refractivity contribution in [2.75, 3.05) is 44.8 Å². The van der Waals surface area contributed by atoms with Crippen LogP contribution in [0.5, 0.6) is 5.75 Å². The number of benzene rings is 2. The van der Waals surface area contributed by atoms with Gasteiger partial charge >= 0.3 is 5.97 Å². The van der Waals surface area contributed by atoms with Crippen LogP contribution < -0.4 is 9.64 Å². The van der Waals surface area contributed by atoms with Gasteiger partial charge in [0.25, 0.3) is 5.91 Å². The zero-order chi connectivity index (χ0) is 27.4. The molecule has 0 aliphatic carbocycles. The molecule has 1 fully saturated rings. The van der Waals surface area contributed by atoms with Crippen molar-refractivity contribution in [2.24, 2.45) is 0 Å². The van der Waals surface area contributed by atoms with Gasteiger partial charge < -0.3 is 19.3 Å². The molecule has 0 atom stereocenters. The maximum absolute atomic E-state index is 14.1. The Hall–Kier alpha value is -4.73. The van der Waals surface area contributed by atoms with Crippen LogP contribution in [-0.2, 0) is 4.74 Å². The topological polar surface area (TPSA) is 89.8 Å². The minimum absolute atomic E-state index is 0.111. The van der Waals surface area contributed by atoms with Crippen molar-refractivity contribution >= 4 is 17.6 Å². The lowest BCUT2D eigenvalue weighted by molar-refractivity contribution is 0.0518. The fourth-order valence-electron chi connectivity index (χ4n) is 4.54. The number of amides is 1. The Morgan fingerprint density at radius 2 is 1.74 bits per heavy atom. The van der Waals surface area contributed by atoms with Crippen molar-refractivity contribution in [3.8, 4) is 22.8 Å². The fraction of sp³-hybridized carbons (Fsp3) is 0.241. The molecule has 0 unspecified atom stereocenters. The smallest absolute Gasteiger partial charge is 0.358 e. The lowest BCUT2D eigenvalue weighted by Crippen LogP contribution is -2.48. The second-order valence-corrected chi connectivity index (χ2v) is 8.91. The Morgan fingerprint density at radius 1 is 0.974 bits per heavy atom. The predicted molar refractivity (Wildman–Crippen MR) is 144 cm³/mol. The number of rotatable bonds is 7. The van der Waals surface area contributed by atoms with Crippen molar-refractivity contribution in [3.63, 3.8) is 0 Å². The highest BCUT2D eigenvalue weighted by molar-refractivity contribution is 5.94. The van der Waals surface area contributed by atoms with Crippen molar-refractivity contribution in [1.29, 1.82) is 0 Å². The molecule has 0 bridgehead atoms. The molecule has 0 radical (unpaired) electrons. The van der Waals surface area contributed by atoms with Crippen molar-refractivity contribution in [2.45, 2.75) is 6.92 Å². The van der Waals surface area contributed by atoms with E-state index in [1.807, 2.05) is 42.5 Å². The van der Waals surface area contributed by atoms with Crippen molar-refractivity contribution in [3.05, 3.63) is 90.0 Å². The number of methoxy groups -OCH3 is 1. The highest BCUT2D eigenvalue weighted by Gasteiger charge is 2.24. The molecule has 2 aromatic heterocycles. The van der Waals surface area contributed by atoms with Gasteiger partial charge in [-0.05, 0) is 55.5 Å². The molecule has 10 heteroatoms. The van der Waals surface area contributed by atoms with E-state index in [4.69, 9.17) is 9.47 Å². The van der Waals surface area contributed by atoms with E-state index in [1.54, 1.807) is 34.8 Å². The van der Waals surface area contributed by atoms with Gasteiger partial charge in [-0.25, -0.2) is 18.9 Å². The lowest BCUT2D eigenvalue weighted by Gasteiger charge is -2.36. The summed E-state index contributed by atoms with van der Waals surface area (Å²) in [5, 5.41) is 4.45. The zero-order valence-electron chi connectivity index (χ0n) is 21.7. The average Bonchev–Trinajstić information content (AvgIpc) is 3.43. The highest BCUT2D eigenvalue weighted by atomic mass is 19.1. The van der Waals surface area contributed by atoms with Gasteiger partial charge in [0, 0.05) is 49.2 Å². The minimum Gasteiger partial charge on any atom is -0.494 e. The maximum atomic E-state index is 14.1. The first kappa shape index (κ1) is 25.9. The van der Waals surface area contributed by atoms with Gasteiger partial charge in [-0.1, -0.05) is 18.2 Å². The molecule has 3 heterocycles.